The molecule has 5 heterocycles. The first-order valence-corrected chi connectivity index (χ1v) is 16.4. The van der Waals surface area contributed by atoms with Crippen molar-refractivity contribution in [2.24, 2.45) is 12.2 Å². The zero-order valence-corrected chi connectivity index (χ0v) is 26.0. The average molecular weight is 647 g/mol. The molecule has 42 heavy (non-hydrogen) atoms. The summed E-state index contributed by atoms with van der Waals surface area (Å²) in [5.41, 5.74) is 1.32. The van der Waals surface area contributed by atoms with E-state index in [2.05, 4.69) is 30.1 Å². The Morgan fingerprint density at radius 1 is 1.29 bits per heavy atom. The van der Waals surface area contributed by atoms with Crippen LogP contribution in [-0.2, 0) is 26.3 Å². The molecule has 0 aromatic carbocycles. The molecule has 0 saturated carbocycles. The number of carbonyl (C=O) groups is 3. The number of aryl methyl sites for hydroxylation is 1. The molecule has 2 aliphatic rings. The lowest BCUT2D eigenvalue weighted by atomic mass is 10.0. The highest BCUT2D eigenvalue weighted by atomic mass is 32.2. The number of thiazole rings is 1. The third-order valence-corrected chi connectivity index (χ3v) is 10.2. The van der Waals surface area contributed by atoms with Crippen LogP contribution in [0.3, 0.4) is 0 Å². The van der Waals surface area contributed by atoms with Crippen LogP contribution in [0.15, 0.2) is 50.0 Å². The lowest BCUT2D eigenvalue weighted by Crippen LogP contribution is -2.71. The number of aliphatic carboxylic acids is 1. The second-order valence-electron chi connectivity index (χ2n) is 8.98. The van der Waals surface area contributed by atoms with Crippen LogP contribution in [0.25, 0.3) is 11.3 Å². The minimum atomic E-state index is -1.47. The van der Waals surface area contributed by atoms with Gasteiger partial charge >= 0.3 is 0 Å². The molecule has 2 N–H and O–H groups in total. The molecule has 0 radical (unpaired) electrons. The smallest absolute Gasteiger partial charge is 0.278 e. The SMILES string of the molecule is CCCNc1nc(C(=NOCC)C(=O)N[C@@H]2C(=O)N3C(C(=O)[O-])=C(Sc4nc(-c5cc[n+](C)cc5)cs4)CS[C@H]23)ns1. The largest absolute Gasteiger partial charge is 0.543 e. The Bertz CT molecular complexity index is 1550. The number of hydrogen-bond acceptors (Lipinski definition) is 14. The van der Waals surface area contributed by atoms with Crippen LogP contribution in [-0.4, -0.2) is 73.1 Å². The predicted molar refractivity (Wildman–Crippen MR) is 158 cm³/mol. The lowest BCUT2D eigenvalue weighted by Gasteiger charge is -2.50. The minimum Gasteiger partial charge on any atom is -0.543 e. The van der Waals surface area contributed by atoms with Gasteiger partial charge in [-0.3, -0.25) is 14.5 Å². The molecule has 3 aromatic rings. The van der Waals surface area contributed by atoms with Gasteiger partial charge in [0.15, 0.2) is 16.7 Å². The number of carboxylic acid groups (broad SMARTS) is 1. The first-order valence-electron chi connectivity index (χ1n) is 12.9. The first kappa shape index (κ1) is 29.9. The second kappa shape index (κ2) is 13.2. The molecular formula is C25H26N8O5S4. The Balaban J connectivity index is 1.30. The van der Waals surface area contributed by atoms with Gasteiger partial charge in [0.2, 0.25) is 16.7 Å². The molecule has 2 atom stereocenters. The van der Waals surface area contributed by atoms with Gasteiger partial charge in [-0.1, -0.05) is 23.8 Å². The summed E-state index contributed by atoms with van der Waals surface area (Å²) in [5.74, 6) is -2.38. The summed E-state index contributed by atoms with van der Waals surface area (Å²) in [6, 6.07) is 2.92. The topological polar surface area (TPSA) is 166 Å². The molecule has 0 bridgehead atoms. The average Bonchev–Trinajstić information content (AvgIpc) is 3.65. The van der Waals surface area contributed by atoms with Crippen molar-refractivity contribution in [2.75, 3.05) is 24.2 Å². The van der Waals surface area contributed by atoms with Crippen molar-refractivity contribution in [1.82, 2.24) is 24.6 Å². The Kier molecular flexibility index (Phi) is 9.40. The van der Waals surface area contributed by atoms with Gasteiger partial charge in [0.05, 0.1) is 17.4 Å². The number of fused-ring (bicyclic) bond motifs is 1. The lowest BCUT2D eigenvalue weighted by molar-refractivity contribution is -0.671. The molecule has 17 heteroatoms. The van der Waals surface area contributed by atoms with E-state index in [4.69, 9.17) is 4.84 Å². The van der Waals surface area contributed by atoms with Crippen molar-refractivity contribution in [3.8, 4) is 11.3 Å². The van der Waals surface area contributed by atoms with Crippen molar-refractivity contribution >= 4 is 75.0 Å². The Hall–Kier alpha value is -3.54. The van der Waals surface area contributed by atoms with Gasteiger partial charge in [-0.15, -0.1) is 23.1 Å². The molecule has 0 spiro atoms. The molecular weight excluding hydrogens is 621 g/mol. The number of nitrogens with zero attached hydrogens (tertiary/aromatic N) is 6. The molecule has 5 rings (SSSR count). The molecule has 2 aliphatic heterocycles. The number of carbonyl (C=O) groups excluding carboxylic acids is 3. The van der Waals surface area contributed by atoms with Gasteiger partial charge < -0.3 is 25.4 Å². The zero-order valence-electron chi connectivity index (χ0n) is 22.7. The molecule has 3 aromatic heterocycles. The van der Waals surface area contributed by atoms with Crippen molar-refractivity contribution in [2.45, 2.75) is 36.0 Å². The van der Waals surface area contributed by atoms with E-state index in [-0.39, 0.29) is 23.8 Å². The zero-order chi connectivity index (χ0) is 29.8. The summed E-state index contributed by atoms with van der Waals surface area (Å²) >= 11 is 5.00. The Morgan fingerprint density at radius 3 is 2.79 bits per heavy atom. The van der Waals surface area contributed by atoms with E-state index >= 15 is 0 Å². The van der Waals surface area contributed by atoms with E-state index in [1.807, 2.05) is 48.4 Å². The maximum absolute atomic E-state index is 13.2. The number of hydrogen-bond donors (Lipinski definition) is 2. The predicted octanol–water partition coefficient (Wildman–Crippen LogP) is 1.20. The van der Waals surface area contributed by atoms with E-state index in [9.17, 15) is 19.5 Å². The fourth-order valence-corrected chi connectivity index (χ4v) is 8.07. The monoisotopic (exact) mass is 646 g/mol. The Morgan fingerprint density at radius 2 is 2.07 bits per heavy atom. The highest BCUT2D eigenvalue weighted by Crippen LogP contribution is 2.45. The van der Waals surface area contributed by atoms with Gasteiger partial charge in [-0.25, -0.2) is 9.55 Å². The number of amides is 2. The normalized spacial score (nSPS) is 18.4. The molecule has 1 saturated heterocycles. The summed E-state index contributed by atoms with van der Waals surface area (Å²) in [6.07, 6.45) is 4.72. The van der Waals surface area contributed by atoms with Crippen LogP contribution in [0.5, 0.6) is 0 Å². The second-order valence-corrected chi connectivity index (χ2v) is 13.0. The van der Waals surface area contributed by atoms with E-state index in [0.717, 1.165) is 34.1 Å². The maximum atomic E-state index is 13.2. The van der Waals surface area contributed by atoms with Crippen LogP contribution in [0.2, 0.25) is 0 Å². The maximum Gasteiger partial charge on any atom is 0.278 e. The molecule has 2 amide bonds. The third-order valence-electron chi connectivity index (χ3n) is 6.05. The van der Waals surface area contributed by atoms with E-state index < -0.39 is 29.2 Å². The number of aromatic nitrogens is 4. The van der Waals surface area contributed by atoms with E-state index in [1.54, 1.807) is 6.92 Å². The molecule has 1 fully saturated rings. The van der Waals surface area contributed by atoms with Crippen molar-refractivity contribution in [3.05, 3.63) is 46.3 Å². The standard InChI is InChI=1S/C25H26N8O5S4/c1-4-8-26-24-29-19(31-42-24)16(30-38-5-2)20(34)28-17-21(35)33-18(23(36)37)15(12-39-22(17)33)41-25-27-14(11-40-25)13-6-9-32(3)10-7-13/h6-7,9-11,17,22H,4-5,8,12H2,1-3H3,(H2-,26,28,29,31,34,36,37)/t17-,22-/m1/s1. The van der Waals surface area contributed by atoms with Crippen molar-refractivity contribution in [1.29, 1.82) is 0 Å². The fourth-order valence-electron chi connectivity index (χ4n) is 4.02. The van der Waals surface area contributed by atoms with Gasteiger partial charge in [-0.05, 0) is 13.3 Å². The number of rotatable bonds is 12. The summed E-state index contributed by atoms with van der Waals surface area (Å²) in [5, 5.41) is 23.7. The fraction of sp³-hybridized carbons (Fsp3) is 0.360. The third kappa shape index (κ3) is 6.28. The van der Waals surface area contributed by atoms with Crippen LogP contribution in [0, 0.1) is 0 Å². The van der Waals surface area contributed by atoms with E-state index in [0.29, 0.717) is 26.7 Å². The number of carboxylic acids is 1. The molecule has 0 unspecified atom stereocenters. The van der Waals surface area contributed by atoms with Crippen molar-refractivity contribution < 1.29 is 28.9 Å². The number of nitrogens with one attached hydrogen (secondary N) is 2. The number of anilines is 1. The van der Waals surface area contributed by atoms with Crippen LogP contribution < -0.4 is 20.3 Å². The molecule has 220 valence electrons. The van der Waals surface area contributed by atoms with Crippen LogP contribution >= 0.6 is 46.4 Å². The molecule has 0 aliphatic carbocycles. The minimum absolute atomic E-state index is 0.0608. The molecule has 13 nitrogen and oxygen atoms in total. The quantitative estimate of drug-likeness (QED) is 0.126. The van der Waals surface area contributed by atoms with E-state index in [1.165, 1.54) is 34.9 Å². The summed E-state index contributed by atoms with van der Waals surface area (Å²) in [4.78, 5) is 54.3. The number of β-lactam (4-membered cyclic amide) rings is 1. The summed E-state index contributed by atoms with van der Waals surface area (Å²) in [7, 11) is 1.92. The Labute approximate surface area is 257 Å². The van der Waals surface area contributed by atoms with Gasteiger partial charge in [0.1, 0.15) is 25.1 Å². The summed E-state index contributed by atoms with van der Waals surface area (Å²) in [6.45, 7) is 4.62. The van der Waals surface area contributed by atoms with Crippen molar-refractivity contribution in [3.63, 3.8) is 0 Å². The number of oxime groups is 1. The van der Waals surface area contributed by atoms with Gasteiger partial charge in [0, 0.05) is 51.8 Å². The van der Waals surface area contributed by atoms with Crippen LogP contribution in [0.4, 0.5) is 5.13 Å². The first-order chi connectivity index (χ1) is 20.3. The highest BCUT2D eigenvalue weighted by Gasteiger charge is 2.53. The highest BCUT2D eigenvalue weighted by molar-refractivity contribution is 8.07. The van der Waals surface area contributed by atoms with Crippen LogP contribution in [0.1, 0.15) is 26.1 Å². The summed E-state index contributed by atoms with van der Waals surface area (Å²) < 4.78 is 6.76. The number of pyridine rings is 1. The number of thioether (sulfide) groups is 2. The van der Waals surface area contributed by atoms with Gasteiger partial charge in [0.25, 0.3) is 11.8 Å². The van der Waals surface area contributed by atoms with Gasteiger partial charge in [-0.2, -0.15) is 9.36 Å².